The number of allylic oxidation sites excluding steroid dienone is 3. The fourth-order valence-electron chi connectivity index (χ4n) is 5.96. The Kier molecular flexibility index (Phi) is 7.30. The summed E-state index contributed by atoms with van der Waals surface area (Å²) in [6, 6.07) is 21.6. The van der Waals surface area contributed by atoms with Gasteiger partial charge in [-0.25, -0.2) is 0 Å². The maximum atomic E-state index is 11.9. The Hall–Kier alpha value is -2.43. The zero-order chi connectivity index (χ0) is 24.3. The molecule has 4 atom stereocenters. The lowest BCUT2D eigenvalue weighted by Gasteiger charge is -2.46. The van der Waals surface area contributed by atoms with Gasteiger partial charge in [0.1, 0.15) is 6.10 Å². The second-order valence-electron chi connectivity index (χ2n) is 10.8. The summed E-state index contributed by atoms with van der Waals surface area (Å²) >= 11 is 0. The van der Waals surface area contributed by atoms with Crippen LogP contribution in [-0.2, 0) is 14.0 Å². The molecule has 4 rings (SSSR count). The van der Waals surface area contributed by atoms with Crippen LogP contribution in [-0.4, -0.2) is 27.0 Å². The first-order valence-corrected chi connectivity index (χ1v) is 14.5. The van der Waals surface area contributed by atoms with Crippen LogP contribution in [0.15, 0.2) is 84.5 Å². The fraction of sp³-hybridized carbons (Fsp3) is 0.433. The monoisotopic (exact) mass is 474 g/mol. The minimum Gasteiger partial charge on any atom is -0.462 e. The van der Waals surface area contributed by atoms with Crippen molar-refractivity contribution in [3.05, 3.63) is 84.5 Å². The van der Waals surface area contributed by atoms with Gasteiger partial charge < -0.3 is 9.16 Å². The highest BCUT2D eigenvalue weighted by Crippen LogP contribution is 2.43. The molecule has 0 fully saturated rings. The summed E-state index contributed by atoms with van der Waals surface area (Å²) in [5.41, 5.74) is 1.30. The minimum absolute atomic E-state index is 0.0655. The maximum absolute atomic E-state index is 11.9. The molecule has 0 aliphatic heterocycles. The van der Waals surface area contributed by atoms with E-state index in [1.54, 1.807) is 0 Å². The number of fused-ring (bicyclic) bond motifs is 1. The molecule has 0 N–H and O–H groups in total. The van der Waals surface area contributed by atoms with Crippen LogP contribution in [0.1, 0.15) is 47.5 Å². The Morgan fingerprint density at radius 3 is 2.12 bits per heavy atom. The predicted octanol–water partition coefficient (Wildman–Crippen LogP) is 5.65. The molecule has 4 heteroatoms. The highest BCUT2D eigenvalue weighted by molar-refractivity contribution is 6.99. The van der Waals surface area contributed by atoms with Gasteiger partial charge in [-0.05, 0) is 45.7 Å². The van der Waals surface area contributed by atoms with Gasteiger partial charge >= 0.3 is 5.97 Å². The Morgan fingerprint density at radius 2 is 1.59 bits per heavy atom. The molecule has 2 aliphatic rings. The van der Waals surface area contributed by atoms with E-state index in [-0.39, 0.29) is 28.9 Å². The molecule has 3 nitrogen and oxygen atoms in total. The van der Waals surface area contributed by atoms with Crippen LogP contribution in [0.5, 0.6) is 0 Å². The Labute approximate surface area is 206 Å². The van der Waals surface area contributed by atoms with E-state index in [9.17, 15) is 4.79 Å². The normalized spacial score (nSPS) is 24.8. The van der Waals surface area contributed by atoms with E-state index >= 15 is 0 Å². The predicted molar refractivity (Wildman–Crippen MR) is 142 cm³/mol. The molecule has 0 amide bonds. The van der Waals surface area contributed by atoms with Crippen molar-refractivity contribution in [1.82, 2.24) is 0 Å². The van der Waals surface area contributed by atoms with Crippen molar-refractivity contribution in [1.29, 1.82) is 0 Å². The molecule has 2 aromatic rings. The largest absolute Gasteiger partial charge is 0.462 e. The molecule has 0 radical (unpaired) electrons. The highest BCUT2D eigenvalue weighted by atomic mass is 28.4. The summed E-state index contributed by atoms with van der Waals surface area (Å²) in [4.78, 5) is 11.9. The smallest absolute Gasteiger partial charge is 0.302 e. The summed E-state index contributed by atoms with van der Waals surface area (Å²) in [6.45, 7) is 11.4. The topological polar surface area (TPSA) is 35.5 Å². The molecule has 0 saturated heterocycles. The van der Waals surface area contributed by atoms with E-state index < -0.39 is 8.32 Å². The number of rotatable bonds is 6. The molecule has 2 aromatic carbocycles. The van der Waals surface area contributed by atoms with Crippen LogP contribution in [0.4, 0.5) is 0 Å². The molecule has 0 unspecified atom stereocenters. The third-order valence-corrected chi connectivity index (χ3v) is 12.6. The quantitative estimate of drug-likeness (QED) is 0.401. The SMILES string of the molecule is CC(=O)O[C@H]1CCC=C2C=C[C@H](C)[C@H](CO[Si](c3ccccc3)(c3ccccc3)C(C)(C)C)[C@H]21. The van der Waals surface area contributed by atoms with Crippen molar-refractivity contribution < 1.29 is 14.0 Å². The second-order valence-corrected chi connectivity index (χ2v) is 15.1. The zero-order valence-electron chi connectivity index (χ0n) is 21.2. The van der Waals surface area contributed by atoms with Crippen molar-refractivity contribution in [2.24, 2.45) is 17.8 Å². The van der Waals surface area contributed by atoms with E-state index in [0.717, 1.165) is 12.8 Å². The molecule has 0 spiro atoms. The average Bonchev–Trinajstić information content (AvgIpc) is 2.81. The molecule has 0 saturated carbocycles. The fourth-order valence-corrected chi connectivity index (χ4v) is 10.6. The highest BCUT2D eigenvalue weighted by Gasteiger charge is 2.51. The van der Waals surface area contributed by atoms with Crippen LogP contribution in [0.25, 0.3) is 0 Å². The molecule has 2 aliphatic carbocycles. The molecule has 0 heterocycles. The standard InChI is InChI=1S/C30H38O3Si/c1-22-19-20-24-13-12-18-28(33-23(2)31)29(24)27(22)21-32-34(30(3,4)5,25-14-8-6-9-15-25)26-16-10-7-11-17-26/h6-11,13-17,19-20,22,27-29H,12,18,21H2,1-5H3/t22-,27-,28-,29-/m0/s1. The first kappa shape index (κ1) is 24.7. The average molecular weight is 475 g/mol. The molecular weight excluding hydrogens is 436 g/mol. The van der Waals surface area contributed by atoms with Gasteiger partial charge in [0, 0.05) is 19.4 Å². The van der Waals surface area contributed by atoms with Gasteiger partial charge in [0.25, 0.3) is 8.32 Å². The minimum atomic E-state index is -2.62. The van der Waals surface area contributed by atoms with Gasteiger partial charge in [-0.3, -0.25) is 4.79 Å². The number of ether oxygens (including phenoxy) is 1. The number of esters is 1. The summed E-state index contributed by atoms with van der Waals surface area (Å²) in [5, 5.41) is 2.52. The summed E-state index contributed by atoms with van der Waals surface area (Å²) < 4.78 is 13.2. The van der Waals surface area contributed by atoms with Crippen LogP contribution in [0.2, 0.25) is 5.04 Å². The Morgan fingerprint density at radius 1 is 1.00 bits per heavy atom. The van der Waals surface area contributed by atoms with Gasteiger partial charge in [0.15, 0.2) is 0 Å². The number of benzene rings is 2. The maximum Gasteiger partial charge on any atom is 0.302 e. The summed E-state index contributed by atoms with van der Waals surface area (Å²) in [6.07, 6.45) is 8.61. The molecular formula is C30H38O3Si. The third-order valence-electron chi connectivity index (χ3n) is 7.57. The van der Waals surface area contributed by atoms with E-state index in [1.165, 1.54) is 22.9 Å². The van der Waals surface area contributed by atoms with Gasteiger partial charge in [-0.2, -0.15) is 0 Å². The Bertz CT molecular complexity index is 996. The zero-order valence-corrected chi connectivity index (χ0v) is 22.2. The number of hydrogen-bond acceptors (Lipinski definition) is 3. The van der Waals surface area contributed by atoms with Gasteiger partial charge in [0.2, 0.25) is 0 Å². The lowest BCUT2D eigenvalue weighted by atomic mass is 9.68. The van der Waals surface area contributed by atoms with Crippen molar-refractivity contribution >= 4 is 24.7 Å². The van der Waals surface area contributed by atoms with Crippen molar-refractivity contribution in [2.75, 3.05) is 6.61 Å². The molecule has 0 bridgehead atoms. The van der Waals surface area contributed by atoms with Crippen molar-refractivity contribution in [3.63, 3.8) is 0 Å². The number of carbonyl (C=O) groups is 1. The number of hydrogen-bond donors (Lipinski definition) is 0. The lowest BCUT2D eigenvalue weighted by Crippen LogP contribution is -2.67. The van der Waals surface area contributed by atoms with Crippen LogP contribution < -0.4 is 10.4 Å². The van der Waals surface area contributed by atoms with E-state index in [4.69, 9.17) is 9.16 Å². The molecule has 0 aromatic heterocycles. The first-order chi connectivity index (χ1) is 16.2. The molecule has 180 valence electrons. The van der Waals surface area contributed by atoms with E-state index in [0.29, 0.717) is 12.5 Å². The summed E-state index contributed by atoms with van der Waals surface area (Å²) in [7, 11) is -2.62. The lowest BCUT2D eigenvalue weighted by molar-refractivity contribution is -0.150. The van der Waals surface area contributed by atoms with E-state index in [1.807, 2.05) is 0 Å². The van der Waals surface area contributed by atoms with Gasteiger partial charge in [0.05, 0.1) is 0 Å². The van der Waals surface area contributed by atoms with E-state index in [2.05, 4.69) is 107 Å². The number of carbonyl (C=O) groups excluding carboxylic acids is 1. The van der Waals surface area contributed by atoms with Crippen molar-refractivity contribution in [2.45, 2.75) is 58.6 Å². The first-order valence-electron chi connectivity index (χ1n) is 12.5. The molecule has 34 heavy (non-hydrogen) atoms. The van der Waals surface area contributed by atoms with Crippen LogP contribution in [0.3, 0.4) is 0 Å². The van der Waals surface area contributed by atoms with Crippen molar-refractivity contribution in [3.8, 4) is 0 Å². The van der Waals surface area contributed by atoms with Gasteiger partial charge in [-0.15, -0.1) is 0 Å². The second kappa shape index (κ2) is 10.0. The van der Waals surface area contributed by atoms with Gasteiger partial charge in [-0.1, -0.05) is 107 Å². The van der Waals surface area contributed by atoms with Crippen LogP contribution >= 0.6 is 0 Å². The third kappa shape index (κ3) is 4.71. The summed E-state index contributed by atoms with van der Waals surface area (Å²) in [5.74, 6) is 0.579. The Balaban J connectivity index is 1.75. The van der Waals surface area contributed by atoms with Crippen LogP contribution in [0, 0.1) is 17.8 Å².